The van der Waals surface area contributed by atoms with Crippen LogP contribution in [0.2, 0.25) is 0 Å². The van der Waals surface area contributed by atoms with E-state index in [0.29, 0.717) is 6.10 Å². The van der Waals surface area contributed by atoms with E-state index in [4.69, 9.17) is 4.74 Å². The van der Waals surface area contributed by atoms with E-state index < -0.39 is 0 Å². The maximum atomic E-state index is 5.53. The topological polar surface area (TPSA) is 12.5 Å². The molecule has 0 aromatic rings. The van der Waals surface area contributed by atoms with Crippen LogP contribution in [-0.4, -0.2) is 30.7 Å². The van der Waals surface area contributed by atoms with Crippen molar-refractivity contribution >= 4 is 0 Å². The van der Waals surface area contributed by atoms with Crippen LogP contribution in [-0.2, 0) is 4.74 Å². The van der Waals surface area contributed by atoms with E-state index in [1.807, 2.05) is 0 Å². The first kappa shape index (κ1) is 9.07. The number of morpholine rings is 1. The minimum atomic E-state index is 0.413. The van der Waals surface area contributed by atoms with Crippen LogP contribution < -0.4 is 0 Å². The molecular weight excluding hydrogens is 162 g/mol. The summed E-state index contributed by atoms with van der Waals surface area (Å²) in [5.74, 6) is 0. The molecule has 1 unspecified atom stereocenters. The third kappa shape index (κ3) is 2.25. The second kappa shape index (κ2) is 4.14. The van der Waals surface area contributed by atoms with Gasteiger partial charge in [0.25, 0.3) is 0 Å². The number of hydrogen-bond acceptors (Lipinski definition) is 2. The molecule has 0 bridgehead atoms. The Kier molecular flexibility index (Phi) is 2.89. The third-order valence-corrected chi connectivity index (χ3v) is 2.91. The van der Waals surface area contributed by atoms with Gasteiger partial charge in [-0.3, -0.25) is 0 Å². The molecule has 2 rings (SSSR count). The molecule has 1 heterocycles. The molecule has 1 aliphatic carbocycles. The monoisotopic (exact) mass is 181 g/mol. The maximum absolute atomic E-state index is 5.53. The van der Waals surface area contributed by atoms with E-state index in [1.54, 1.807) is 5.70 Å². The predicted octanol–water partition coefficient (Wildman–Crippen LogP) is 2.17. The Bertz CT molecular complexity index is 200. The van der Waals surface area contributed by atoms with Gasteiger partial charge in [-0.1, -0.05) is 6.08 Å². The molecule has 0 aromatic carbocycles. The summed E-state index contributed by atoms with van der Waals surface area (Å²) in [5, 5.41) is 0. The first-order chi connectivity index (χ1) is 6.36. The van der Waals surface area contributed by atoms with Crippen molar-refractivity contribution in [1.29, 1.82) is 0 Å². The second-order valence-corrected chi connectivity index (χ2v) is 4.07. The molecule has 74 valence electrons. The maximum Gasteiger partial charge on any atom is 0.0722 e. The van der Waals surface area contributed by atoms with Gasteiger partial charge in [-0.25, -0.2) is 0 Å². The summed E-state index contributed by atoms with van der Waals surface area (Å²) in [6.07, 6.45) is 8.15. The molecule has 0 spiro atoms. The summed E-state index contributed by atoms with van der Waals surface area (Å²) < 4.78 is 5.53. The molecule has 0 amide bonds. The molecule has 2 aliphatic rings. The van der Waals surface area contributed by atoms with Crippen molar-refractivity contribution < 1.29 is 4.74 Å². The van der Waals surface area contributed by atoms with Crippen molar-refractivity contribution in [2.75, 3.05) is 19.7 Å². The summed E-state index contributed by atoms with van der Waals surface area (Å²) in [7, 11) is 0. The van der Waals surface area contributed by atoms with Gasteiger partial charge in [-0.05, 0) is 32.6 Å². The number of hydrogen-bond donors (Lipinski definition) is 0. The van der Waals surface area contributed by atoms with Crippen LogP contribution in [0.1, 0.15) is 32.6 Å². The van der Waals surface area contributed by atoms with E-state index in [9.17, 15) is 0 Å². The molecule has 0 saturated carbocycles. The van der Waals surface area contributed by atoms with Gasteiger partial charge in [0, 0.05) is 18.8 Å². The van der Waals surface area contributed by atoms with Crippen molar-refractivity contribution in [3.8, 4) is 0 Å². The molecule has 0 N–H and O–H groups in total. The van der Waals surface area contributed by atoms with Gasteiger partial charge < -0.3 is 9.64 Å². The Morgan fingerprint density at radius 1 is 1.46 bits per heavy atom. The lowest BCUT2D eigenvalue weighted by atomic mass is 10.0. The normalized spacial score (nSPS) is 30.1. The van der Waals surface area contributed by atoms with Crippen LogP contribution >= 0.6 is 0 Å². The summed E-state index contributed by atoms with van der Waals surface area (Å²) >= 11 is 0. The van der Waals surface area contributed by atoms with Crippen LogP contribution in [0.3, 0.4) is 0 Å². The van der Waals surface area contributed by atoms with Gasteiger partial charge in [-0.15, -0.1) is 0 Å². The fourth-order valence-corrected chi connectivity index (χ4v) is 2.19. The summed E-state index contributed by atoms with van der Waals surface area (Å²) in [6, 6.07) is 0. The lowest BCUT2D eigenvalue weighted by Gasteiger charge is -2.35. The molecule has 1 atom stereocenters. The molecule has 0 aromatic heterocycles. The van der Waals surface area contributed by atoms with Crippen LogP contribution in [0.4, 0.5) is 0 Å². The molecule has 0 radical (unpaired) electrons. The van der Waals surface area contributed by atoms with Crippen molar-refractivity contribution in [3.05, 3.63) is 11.8 Å². The Hall–Kier alpha value is -0.500. The fraction of sp³-hybridized carbons (Fsp3) is 0.818. The van der Waals surface area contributed by atoms with E-state index >= 15 is 0 Å². The summed E-state index contributed by atoms with van der Waals surface area (Å²) in [6.45, 7) is 5.25. The van der Waals surface area contributed by atoms with Crippen LogP contribution in [0.25, 0.3) is 0 Å². The zero-order valence-corrected chi connectivity index (χ0v) is 8.46. The Morgan fingerprint density at radius 3 is 3.08 bits per heavy atom. The fourth-order valence-electron chi connectivity index (χ4n) is 2.19. The third-order valence-electron chi connectivity index (χ3n) is 2.91. The second-order valence-electron chi connectivity index (χ2n) is 4.07. The largest absolute Gasteiger partial charge is 0.375 e. The lowest BCUT2D eigenvalue weighted by Crippen LogP contribution is -2.40. The minimum absolute atomic E-state index is 0.413. The lowest BCUT2D eigenvalue weighted by molar-refractivity contribution is -0.00747. The molecule has 1 fully saturated rings. The number of rotatable bonds is 1. The predicted molar refractivity (Wildman–Crippen MR) is 53.5 cm³/mol. The van der Waals surface area contributed by atoms with E-state index in [1.165, 1.54) is 25.7 Å². The number of allylic oxidation sites excluding steroid dienone is 2. The van der Waals surface area contributed by atoms with Crippen LogP contribution in [0, 0.1) is 0 Å². The summed E-state index contributed by atoms with van der Waals surface area (Å²) in [5.41, 5.74) is 1.57. The van der Waals surface area contributed by atoms with Crippen LogP contribution in [0.15, 0.2) is 11.8 Å². The van der Waals surface area contributed by atoms with Crippen molar-refractivity contribution in [2.45, 2.75) is 38.7 Å². The van der Waals surface area contributed by atoms with E-state index in [-0.39, 0.29) is 0 Å². The zero-order chi connectivity index (χ0) is 9.10. The van der Waals surface area contributed by atoms with Gasteiger partial charge in [0.2, 0.25) is 0 Å². The first-order valence-electron chi connectivity index (χ1n) is 5.42. The highest BCUT2D eigenvalue weighted by Gasteiger charge is 2.19. The Morgan fingerprint density at radius 2 is 2.38 bits per heavy atom. The summed E-state index contributed by atoms with van der Waals surface area (Å²) in [4.78, 5) is 2.51. The Balaban J connectivity index is 1.94. The molecule has 1 saturated heterocycles. The number of ether oxygens (including phenoxy) is 1. The molecule has 1 aliphatic heterocycles. The Labute approximate surface area is 80.6 Å². The standard InChI is InChI=1S/C11H19NO/c1-10-9-12(7-8-13-10)11-5-3-2-4-6-11/h5,10H,2-4,6-9H2,1H3. The average molecular weight is 181 g/mol. The molecule has 13 heavy (non-hydrogen) atoms. The smallest absolute Gasteiger partial charge is 0.0722 e. The van der Waals surface area contributed by atoms with Crippen molar-refractivity contribution in [2.24, 2.45) is 0 Å². The highest BCUT2D eigenvalue weighted by Crippen LogP contribution is 2.22. The van der Waals surface area contributed by atoms with Crippen LogP contribution in [0.5, 0.6) is 0 Å². The SMILES string of the molecule is CC1CN(C2=CCCCC2)CCO1. The van der Waals surface area contributed by atoms with Crippen molar-refractivity contribution in [1.82, 2.24) is 4.90 Å². The molecule has 2 heteroatoms. The quantitative estimate of drug-likeness (QED) is 0.614. The zero-order valence-electron chi connectivity index (χ0n) is 8.46. The van der Waals surface area contributed by atoms with Gasteiger partial charge in [0.15, 0.2) is 0 Å². The van der Waals surface area contributed by atoms with Gasteiger partial charge in [0.1, 0.15) is 0 Å². The highest BCUT2D eigenvalue weighted by atomic mass is 16.5. The molecule has 2 nitrogen and oxygen atoms in total. The number of nitrogens with zero attached hydrogens (tertiary/aromatic N) is 1. The van der Waals surface area contributed by atoms with E-state index in [2.05, 4.69) is 17.9 Å². The van der Waals surface area contributed by atoms with Gasteiger partial charge in [-0.2, -0.15) is 0 Å². The first-order valence-corrected chi connectivity index (χ1v) is 5.42. The van der Waals surface area contributed by atoms with E-state index in [0.717, 1.165) is 19.7 Å². The van der Waals surface area contributed by atoms with Gasteiger partial charge in [0.05, 0.1) is 12.7 Å². The highest BCUT2D eigenvalue weighted by molar-refractivity contribution is 5.05. The molecular formula is C11H19NO. The van der Waals surface area contributed by atoms with Gasteiger partial charge >= 0.3 is 0 Å². The minimum Gasteiger partial charge on any atom is -0.375 e. The average Bonchev–Trinajstić information content (AvgIpc) is 2.19. The van der Waals surface area contributed by atoms with Crippen molar-refractivity contribution in [3.63, 3.8) is 0 Å².